The Morgan fingerprint density at radius 1 is 0.938 bits per heavy atom. The fraction of sp³-hybridized carbons (Fsp3) is 0.182. The predicted molar refractivity (Wildman–Crippen MR) is 115 cm³/mol. The third-order valence-corrected chi connectivity index (χ3v) is 5.08. The van der Waals surface area contributed by atoms with Crippen LogP contribution in [0.4, 0.5) is 10.6 Å². The molecule has 0 saturated heterocycles. The molecule has 0 aliphatic carbocycles. The number of urea groups is 1. The molecule has 10 heteroatoms. The van der Waals surface area contributed by atoms with Gasteiger partial charge in [0.25, 0.3) is 11.8 Å². The maximum absolute atomic E-state index is 12.9. The number of nitrogens with one attached hydrogen (secondary N) is 3. The molecule has 2 aromatic carbocycles. The number of carbonyl (C=O) groups excluding carboxylic acids is 3. The van der Waals surface area contributed by atoms with Crippen molar-refractivity contribution in [3.05, 3.63) is 70.9 Å². The van der Waals surface area contributed by atoms with E-state index in [-0.39, 0.29) is 18.7 Å². The lowest BCUT2D eigenvalue weighted by molar-refractivity contribution is 0.0950. The molecule has 2 heterocycles. The number of H-pyrrole nitrogens is 1. The number of rotatable bonds is 5. The summed E-state index contributed by atoms with van der Waals surface area (Å²) in [5.74, 6) is 0.0587. The maximum Gasteiger partial charge on any atom is 0.324 e. The van der Waals surface area contributed by atoms with Crippen LogP contribution in [0.15, 0.2) is 48.5 Å². The van der Waals surface area contributed by atoms with Crippen LogP contribution in [0.25, 0.3) is 0 Å². The molecule has 4 rings (SSSR count). The van der Waals surface area contributed by atoms with Crippen LogP contribution in [0.3, 0.4) is 0 Å². The van der Waals surface area contributed by atoms with Crippen molar-refractivity contribution >= 4 is 23.7 Å². The first-order valence-electron chi connectivity index (χ1n) is 9.75. The number of amides is 4. The number of fused-ring (bicyclic) bond motifs is 1. The van der Waals surface area contributed by atoms with Gasteiger partial charge in [-0.2, -0.15) is 5.10 Å². The molecular weight excluding hydrogens is 414 g/mol. The Hall–Kier alpha value is -4.34. The third kappa shape index (κ3) is 3.97. The molecule has 1 aliphatic rings. The number of hydrogen-bond donors (Lipinski definition) is 3. The van der Waals surface area contributed by atoms with Gasteiger partial charge < -0.3 is 19.7 Å². The highest BCUT2D eigenvalue weighted by atomic mass is 16.5. The Bertz CT molecular complexity index is 1150. The van der Waals surface area contributed by atoms with E-state index in [1.807, 2.05) is 0 Å². The van der Waals surface area contributed by atoms with Crippen molar-refractivity contribution in [3.63, 3.8) is 0 Å². The smallest absolute Gasteiger partial charge is 0.324 e. The minimum absolute atomic E-state index is 0.179. The van der Waals surface area contributed by atoms with E-state index >= 15 is 0 Å². The SMILES string of the molecule is COc1cccc(OC)c1C(=O)Nc1n[nH]c2c1CN(C(=O)NC(=O)c1ccccc1)C2. The van der Waals surface area contributed by atoms with Gasteiger partial charge in [-0.15, -0.1) is 0 Å². The number of hydrogen-bond acceptors (Lipinski definition) is 6. The number of methoxy groups -OCH3 is 2. The molecule has 164 valence electrons. The molecule has 0 radical (unpaired) electrons. The number of imide groups is 1. The molecule has 0 saturated carbocycles. The van der Waals surface area contributed by atoms with E-state index in [1.54, 1.807) is 48.5 Å². The van der Waals surface area contributed by atoms with Crippen molar-refractivity contribution in [2.75, 3.05) is 19.5 Å². The highest BCUT2D eigenvalue weighted by Crippen LogP contribution is 2.31. The molecule has 4 amide bonds. The maximum atomic E-state index is 12.9. The summed E-state index contributed by atoms with van der Waals surface area (Å²) in [6.07, 6.45) is 0. The summed E-state index contributed by atoms with van der Waals surface area (Å²) >= 11 is 0. The topological polar surface area (TPSA) is 126 Å². The van der Waals surface area contributed by atoms with Gasteiger partial charge in [0.1, 0.15) is 17.1 Å². The van der Waals surface area contributed by atoms with Crippen LogP contribution in [0.5, 0.6) is 11.5 Å². The van der Waals surface area contributed by atoms with Gasteiger partial charge in [0.05, 0.1) is 33.0 Å². The third-order valence-electron chi connectivity index (χ3n) is 5.08. The Balaban J connectivity index is 1.46. The largest absolute Gasteiger partial charge is 0.496 e. The molecular formula is C22H21N5O5. The van der Waals surface area contributed by atoms with Crippen LogP contribution in [-0.4, -0.2) is 47.2 Å². The summed E-state index contributed by atoms with van der Waals surface area (Å²) in [7, 11) is 2.93. The first kappa shape index (κ1) is 20.9. The Kier molecular flexibility index (Phi) is 5.75. The minimum Gasteiger partial charge on any atom is -0.496 e. The van der Waals surface area contributed by atoms with Gasteiger partial charge in [0.15, 0.2) is 5.82 Å². The van der Waals surface area contributed by atoms with Crippen LogP contribution >= 0.6 is 0 Å². The summed E-state index contributed by atoms with van der Waals surface area (Å²) in [5, 5.41) is 12.1. The van der Waals surface area contributed by atoms with Crippen molar-refractivity contribution in [2.45, 2.75) is 13.1 Å². The minimum atomic E-state index is -0.535. The Morgan fingerprint density at radius 2 is 1.62 bits per heavy atom. The average molecular weight is 435 g/mol. The summed E-state index contributed by atoms with van der Waals surface area (Å²) in [6.45, 7) is 0.405. The molecule has 1 aromatic heterocycles. The molecule has 0 fully saturated rings. The molecule has 32 heavy (non-hydrogen) atoms. The zero-order valence-corrected chi connectivity index (χ0v) is 17.5. The Morgan fingerprint density at radius 3 is 2.28 bits per heavy atom. The molecule has 0 unspecified atom stereocenters. The van der Waals surface area contributed by atoms with Crippen LogP contribution in [-0.2, 0) is 13.1 Å². The number of benzene rings is 2. The summed E-state index contributed by atoms with van der Waals surface area (Å²) in [4.78, 5) is 39.2. The fourth-order valence-electron chi connectivity index (χ4n) is 3.47. The molecule has 1 aliphatic heterocycles. The number of aromatic nitrogens is 2. The van der Waals surface area contributed by atoms with Crippen molar-refractivity contribution in [3.8, 4) is 11.5 Å². The van der Waals surface area contributed by atoms with E-state index in [1.165, 1.54) is 19.1 Å². The van der Waals surface area contributed by atoms with Gasteiger partial charge >= 0.3 is 6.03 Å². The first-order valence-corrected chi connectivity index (χ1v) is 9.75. The van der Waals surface area contributed by atoms with Crippen molar-refractivity contribution in [2.24, 2.45) is 0 Å². The van der Waals surface area contributed by atoms with E-state index in [2.05, 4.69) is 20.8 Å². The van der Waals surface area contributed by atoms with Gasteiger partial charge in [0, 0.05) is 11.1 Å². The van der Waals surface area contributed by atoms with E-state index in [0.717, 1.165) is 0 Å². The molecule has 3 aromatic rings. The zero-order valence-electron chi connectivity index (χ0n) is 17.5. The van der Waals surface area contributed by atoms with Gasteiger partial charge in [-0.25, -0.2) is 4.79 Å². The number of carbonyl (C=O) groups is 3. The summed E-state index contributed by atoms with van der Waals surface area (Å²) in [5.41, 5.74) is 1.96. The highest BCUT2D eigenvalue weighted by molar-refractivity contribution is 6.08. The number of nitrogens with zero attached hydrogens (tertiary/aromatic N) is 2. The van der Waals surface area contributed by atoms with Crippen molar-refractivity contribution in [1.29, 1.82) is 0 Å². The predicted octanol–water partition coefficient (Wildman–Crippen LogP) is 2.54. The van der Waals surface area contributed by atoms with Crippen LogP contribution in [0, 0.1) is 0 Å². The lowest BCUT2D eigenvalue weighted by atomic mass is 10.1. The number of ether oxygens (including phenoxy) is 2. The second kappa shape index (κ2) is 8.80. The monoisotopic (exact) mass is 435 g/mol. The van der Waals surface area contributed by atoms with Crippen LogP contribution < -0.4 is 20.1 Å². The van der Waals surface area contributed by atoms with Gasteiger partial charge in [0.2, 0.25) is 0 Å². The first-order chi connectivity index (χ1) is 15.5. The highest BCUT2D eigenvalue weighted by Gasteiger charge is 2.30. The van der Waals surface area contributed by atoms with Gasteiger partial charge in [-0.1, -0.05) is 24.3 Å². The van der Waals surface area contributed by atoms with Gasteiger partial charge in [-0.05, 0) is 24.3 Å². The molecule has 3 N–H and O–H groups in total. The zero-order chi connectivity index (χ0) is 22.7. The standard InChI is InChI=1S/C22H21N5O5/c1-31-16-9-6-10-17(32-2)18(16)21(29)23-19-14-11-27(12-15(14)25-26-19)22(30)24-20(28)13-7-4-3-5-8-13/h3-10H,11-12H2,1-2H3,(H,24,28,30)(H2,23,25,26,29). The fourth-order valence-corrected chi connectivity index (χ4v) is 3.47. The lowest BCUT2D eigenvalue weighted by Crippen LogP contribution is -2.40. The summed E-state index contributed by atoms with van der Waals surface area (Å²) in [6, 6.07) is 13.0. The molecule has 10 nitrogen and oxygen atoms in total. The van der Waals surface area contributed by atoms with E-state index in [9.17, 15) is 14.4 Å². The lowest BCUT2D eigenvalue weighted by Gasteiger charge is -2.16. The second-order valence-corrected chi connectivity index (χ2v) is 7.00. The normalized spacial score (nSPS) is 12.1. The Labute approximate surface area is 183 Å². The number of aromatic amines is 1. The molecule has 0 atom stereocenters. The van der Waals surface area contributed by atoms with Crippen LogP contribution in [0.2, 0.25) is 0 Å². The second-order valence-electron chi connectivity index (χ2n) is 7.00. The number of anilines is 1. The molecule has 0 spiro atoms. The van der Waals surface area contributed by atoms with Gasteiger partial charge in [-0.3, -0.25) is 20.0 Å². The van der Waals surface area contributed by atoms with Crippen molar-refractivity contribution < 1.29 is 23.9 Å². The van der Waals surface area contributed by atoms with Crippen LogP contribution in [0.1, 0.15) is 32.0 Å². The quantitative estimate of drug-likeness (QED) is 0.566. The van der Waals surface area contributed by atoms with E-state index < -0.39 is 17.8 Å². The van der Waals surface area contributed by atoms with Crippen molar-refractivity contribution in [1.82, 2.24) is 20.4 Å². The summed E-state index contributed by atoms with van der Waals surface area (Å²) < 4.78 is 10.6. The van der Waals surface area contributed by atoms with E-state index in [4.69, 9.17) is 9.47 Å². The molecule has 0 bridgehead atoms. The average Bonchev–Trinajstić information content (AvgIpc) is 3.41. The van der Waals surface area contributed by atoms with E-state index in [0.29, 0.717) is 34.1 Å².